The quantitative estimate of drug-likeness (QED) is 0.325. The molecule has 37 heavy (non-hydrogen) atoms. The topological polar surface area (TPSA) is 75.3 Å². The number of aromatic amines is 1. The summed E-state index contributed by atoms with van der Waals surface area (Å²) in [6.45, 7) is 3.28. The van der Waals surface area contributed by atoms with Crippen LogP contribution in [0.5, 0.6) is 5.75 Å². The predicted octanol–water partition coefficient (Wildman–Crippen LogP) is 5.80. The molecule has 0 spiro atoms. The van der Waals surface area contributed by atoms with Gasteiger partial charge in [0, 0.05) is 28.8 Å². The first-order valence-electron chi connectivity index (χ1n) is 12.3. The molecular weight excluding hydrogens is 462 g/mol. The Morgan fingerprint density at radius 1 is 0.838 bits per heavy atom. The zero-order valence-electron chi connectivity index (χ0n) is 20.4. The van der Waals surface area contributed by atoms with Crippen LogP contribution in [0.25, 0.3) is 22.2 Å². The zero-order chi connectivity index (χ0) is 25.4. The van der Waals surface area contributed by atoms with E-state index in [2.05, 4.69) is 28.2 Å². The summed E-state index contributed by atoms with van der Waals surface area (Å²) in [6.07, 6.45) is 0. The number of aryl methyl sites for hydroxylation is 1. The molecule has 1 aromatic heterocycles. The van der Waals surface area contributed by atoms with Gasteiger partial charge >= 0.3 is 0 Å². The van der Waals surface area contributed by atoms with Gasteiger partial charge in [0.1, 0.15) is 18.2 Å². The first kappa shape index (κ1) is 22.7. The molecule has 0 unspecified atom stereocenters. The van der Waals surface area contributed by atoms with Crippen molar-refractivity contribution in [2.75, 3.05) is 13.2 Å². The number of amides is 1. The summed E-state index contributed by atoms with van der Waals surface area (Å²) in [5.74, 6) is 1.52. The van der Waals surface area contributed by atoms with Gasteiger partial charge in [-0.05, 0) is 54.4 Å². The molecule has 1 aliphatic rings. The average Bonchev–Trinajstić information content (AvgIpc) is 3.18. The zero-order valence-corrected chi connectivity index (χ0v) is 20.4. The molecule has 0 radical (unpaired) electrons. The van der Waals surface area contributed by atoms with Crippen LogP contribution in [-0.4, -0.2) is 39.7 Å². The van der Waals surface area contributed by atoms with Crippen molar-refractivity contribution in [1.29, 1.82) is 0 Å². The number of hydrogen-bond donors (Lipinski definition) is 1. The van der Waals surface area contributed by atoms with Gasteiger partial charge in [-0.25, -0.2) is 4.98 Å². The Balaban J connectivity index is 1.23. The Morgan fingerprint density at radius 2 is 1.54 bits per heavy atom. The van der Waals surface area contributed by atoms with E-state index < -0.39 is 0 Å². The van der Waals surface area contributed by atoms with E-state index in [1.807, 2.05) is 43.3 Å². The molecule has 6 heteroatoms. The minimum Gasteiger partial charge on any atom is -0.491 e. The van der Waals surface area contributed by atoms with Crippen molar-refractivity contribution in [3.05, 3.63) is 119 Å². The van der Waals surface area contributed by atoms with Crippen LogP contribution in [0.3, 0.4) is 0 Å². The number of nitrogens with one attached hydrogen (secondary N) is 1. The van der Waals surface area contributed by atoms with Crippen LogP contribution in [-0.2, 0) is 6.54 Å². The molecule has 1 amide bonds. The van der Waals surface area contributed by atoms with E-state index in [0.717, 1.165) is 39.3 Å². The normalized spacial score (nSPS) is 13.1. The van der Waals surface area contributed by atoms with Crippen LogP contribution in [0.15, 0.2) is 91.0 Å². The van der Waals surface area contributed by atoms with Crippen molar-refractivity contribution in [1.82, 2.24) is 14.9 Å². The molecule has 2 heterocycles. The van der Waals surface area contributed by atoms with Crippen LogP contribution in [0.1, 0.15) is 37.7 Å². The van der Waals surface area contributed by atoms with Crippen LogP contribution in [0, 0.1) is 6.92 Å². The standard InChI is InChI=1S/C31H25N3O3/c1-20-32-27-13-11-25(18-28(27)33-20)24-12-14-29-26(17-24)19-34(15-16-37-29)31(36)23-9-7-22(8-10-23)30(35)21-5-3-2-4-6-21/h2-14,17-18H,15-16,19H2,1H3,(H,32,33). The lowest BCUT2D eigenvalue weighted by Crippen LogP contribution is -2.32. The van der Waals surface area contributed by atoms with E-state index >= 15 is 0 Å². The molecule has 4 aromatic carbocycles. The summed E-state index contributed by atoms with van der Waals surface area (Å²) in [7, 11) is 0. The summed E-state index contributed by atoms with van der Waals surface area (Å²) >= 11 is 0. The van der Waals surface area contributed by atoms with Gasteiger partial charge in [0.15, 0.2) is 5.78 Å². The Kier molecular flexibility index (Phi) is 5.77. The number of carbonyl (C=O) groups is 2. The van der Waals surface area contributed by atoms with E-state index in [0.29, 0.717) is 36.4 Å². The van der Waals surface area contributed by atoms with Crippen molar-refractivity contribution in [2.45, 2.75) is 13.5 Å². The fourth-order valence-corrected chi connectivity index (χ4v) is 4.76. The summed E-state index contributed by atoms with van der Waals surface area (Å²) < 4.78 is 5.97. The molecule has 0 aliphatic carbocycles. The van der Waals surface area contributed by atoms with Crippen LogP contribution >= 0.6 is 0 Å². The van der Waals surface area contributed by atoms with Crippen molar-refractivity contribution >= 4 is 22.7 Å². The first-order valence-corrected chi connectivity index (χ1v) is 12.3. The molecule has 6 rings (SSSR count). The Hall–Kier alpha value is -4.71. The number of fused-ring (bicyclic) bond motifs is 2. The molecule has 182 valence electrons. The third-order valence-electron chi connectivity index (χ3n) is 6.69. The molecule has 0 fully saturated rings. The summed E-state index contributed by atoms with van der Waals surface area (Å²) in [6, 6.07) is 28.3. The van der Waals surface area contributed by atoms with Gasteiger partial charge in [-0.15, -0.1) is 0 Å². The van der Waals surface area contributed by atoms with Gasteiger partial charge in [-0.1, -0.05) is 54.6 Å². The maximum atomic E-state index is 13.4. The molecule has 0 saturated carbocycles. The van der Waals surface area contributed by atoms with E-state index in [1.165, 1.54) is 0 Å². The number of carbonyl (C=O) groups excluding carboxylic acids is 2. The molecule has 1 aliphatic heterocycles. The van der Waals surface area contributed by atoms with Crippen molar-refractivity contribution in [3.63, 3.8) is 0 Å². The smallest absolute Gasteiger partial charge is 0.254 e. The first-order chi connectivity index (χ1) is 18.0. The second-order valence-electron chi connectivity index (χ2n) is 9.22. The monoisotopic (exact) mass is 487 g/mol. The van der Waals surface area contributed by atoms with Gasteiger partial charge in [0.05, 0.1) is 17.6 Å². The minimum atomic E-state index is -0.0889. The maximum absolute atomic E-state index is 13.4. The molecular formula is C31H25N3O3. The molecule has 6 nitrogen and oxygen atoms in total. The number of benzene rings is 4. The second kappa shape index (κ2) is 9.39. The number of ketones is 1. The van der Waals surface area contributed by atoms with Crippen LogP contribution in [0.4, 0.5) is 0 Å². The van der Waals surface area contributed by atoms with Gasteiger partial charge in [-0.2, -0.15) is 0 Å². The number of H-pyrrole nitrogens is 1. The number of rotatable bonds is 4. The lowest BCUT2D eigenvalue weighted by Gasteiger charge is -2.20. The van der Waals surface area contributed by atoms with Crippen LogP contribution in [0.2, 0.25) is 0 Å². The molecule has 0 bridgehead atoms. The lowest BCUT2D eigenvalue weighted by molar-refractivity contribution is 0.0733. The minimum absolute atomic E-state index is 0.0626. The molecule has 0 saturated heterocycles. The molecule has 1 N–H and O–H groups in total. The largest absolute Gasteiger partial charge is 0.491 e. The Labute approximate surface area is 214 Å². The van der Waals surface area contributed by atoms with Crippen molar-refractivity contribution in [3.8, 4) is 16.9 Å². The van der Waals surface area contributed by atoms with Gasteiger partial charge in [0.25, 0.3) is 5.91 Å². The number of imidazole rings is 1. The van der Waals surface area contributed by atoms with E-state index in [9.17, 15) is 9.59 Å². The third kappa shape index (κ3) is 4.49. The highest BCUT2D eigenvalue weighted by Gasteiger charge is 2.22. The SMILES string of the molecule is Cc1nc2cc(-c3ccc4c(c3)CN(C(=O)c3ccc(C(=O)c5ccccc5)cc3)CCO4)ccc2[nH]1. The van der Waals surface area contributed by atoms with Crippen LogP contribution < -0.4 is 4.74 Å². The maximum Gasteiger partial charge on any atom is 0.254 e. The number of nitrogens with zero attached hydrogens (tertiary/aromatic N) is 2. The van der Waals surface area contributed by atoms with Gasteiger partial charge < -0.3 is 14.6 Å². The number of ether oxygens (including phenoxy) is 1. The summed E-state index contributed by atoms with van der Waals surface area (Å²) in [4.78, 5) is 35.7. The van der Waals surface area contributed by atoms with E-state index in [1.54, 1.807) is 41.3 Å². The third-order valence-corrected chi connectivity index (χ3v) is 6.69. The van der Waals surface area contributed by atoms with Gasteiger partial charge in [-0.3, -0.25) is 9.59 Å². The highest BCUT2D eigenvalue weighted by atomic mass is 16.5. The van der Waals surface area contributed by atoms with Crippen molar-refractivity contribution in [2.24, 2.45) is 0 Å². The molecule has 5 aromatic rings. The Bertz CT molecular complexity index is 1620. The Morgan fingerprint density at radius 3 is 2.35 bits per heavy atom. The lowest BCUT2D eigenvalue weighted by atomic mass is 10.0. The highest BCUT2D eigenvalue weighted by molar-refractivity contribution is 6.09. The highest BCUT2D eigenvalue weighted by Crippen LogP contribution is 2.31. The average molecular weight is 488 g/mol. The van der Waals surface area contributed by atoms with Gasteiger partial charge in [0.2, 0.25) is 0 Å². The van der Waals surface area contributed by atoms with E-state index in [-0.39, 0.29) is 11.7 Å². The summed E-state index contributed by atoms with van der Waals surface area (Å²) in [5, 5.41) is 0. The predicted molar refractivity (Wildman–Crippen MR) is 143 cm³/mol. The van der Waals surface area contributed by atoms with E-state index in [4.69, 9.17) is 4.74 Å². The molecule has 0 atom stereocenters. The summed E-state index contributed by atoms with van der Waals surface area (Å²) in [5.41, 5.74) is 6.72. The number of aromatic nitrogens is 2. The fraction of sp³-hybridized carbons (Fsp3) is 0.129. The van der Waals surface area contributed by atoms with Crippen molar-refractivity contribution < 1.29 is 14.3 Å². The fourth-order valence-electron chi connectivity index (χ4n) is 4.76. The second-order valence-corrected chi connectivity index (χ2v) is 9.22. The number of hydrogen-bond acceptors (Lipinski definition) is 4.